The Morgan fingerprint density at radius 1 is 1.03 bits per heavy atom. The Morgan fingerprint density at radius 2 is 1.77 bits per heavy atom. The van der Waals surface area contributed by atoms with Crippen LogP contribution < -0.4 is 4.90 Å². The van der Waals surface area contributed by atoms with Crippen LogP contribution in [0.2, 0.25) is 5.02 Å². The summed E-state index contributed by atoms with van der Waals surface area (Å²) in [5.41, 5.74) is 6.82. The van der Waals surface area contributed by atoms with Crippen LogP contribution in [0.4, 0.5) is 5.82 Å². The molecule has 0 amide bonds. The van der Waals surface area contributed by atoms with Crippen LogP contribution in [0.3, 0.4) is 0 Å². The number of benzene rings is 2. The van der Waals surface area contributed by atoms with Crippen LogP contribution in [0.25, 0.3) is 16.7 Å². The van der Waals surface area contributed by atoms with Crippen LogP contribution >= 0.6 is 11.6 Å². The molecule has 0 spiro atoms. The zero-order valence-corrected chi connectivity index (χ0v) is 17.8. The van der Waals surface area contributed by atoms with Gasteiger partial charge in [-0.1, -0.05) is 35.9 Å². The lowest BCUT2D eigenvalue weighted by Crippen LogP contribution is -2.32. The number of hydrogen-bond donors (Lipinski definition) is 0. The van der Waals surface area contributed by atoms with E-state index in [9.17, 15) is 5.26 Å². The van der Waals surface area contributed by atoms with Gasteiger partial charge >= 0.3 is 0 Å². The molecule has 5 heteroatoms. The van der Waals surface area contributed by atoms with Crippen LogP contribution in [0, 0.1) is 18.3 Å². The Kier molecular flexibility index (Phi) is 4.84. The third kappa shape index (κ3) is 3.11. The molecule has 4 aromatic rings. The van der Waals surface area contributed by atoms with Crippen LogP contribution in [0.1, 0.15) is 41.5 Å². The van der Waals surface area contributed by atoms with Crippen molar-refractivity contribution in [3.63, 3.8) is 0 Å². The Morgan fingerprint density at radius 3 is 2.50 bits per heavy atom. The smallest absolute Gasteiger partial charge is 0.157 e. The lowest BCUT2D eigenvalue weighted by molar-refractivity contribution is 0.570. The van der Waals surface area contributed by atoms with E-state index in [0.29, 0.717) is 5.56 Å². The highest BCUT2D eigenvalue weighted by Crippen LogP contribution is 2.35. The summed E-state index contributed by atoms with van der Waals surface area (Å²) in [6.45, 7) is 4.12. The van der Waals surface area contributed by atoms with Crippen molar-refractivity contribution in [2.45, 2.75) is 32.6 Å². The van der Waals surface area contributed by atoms with E-state index in [4.69, 9.17) is 16.6 Å². The summed E-state index contributed by atoms with van der Waals surface area (Å²) >= 11 is 6.11. The average Bonchev–Trinajstić information content (AvgIpc) is 3.15. The van der Waals surface area contributed by atoms with Gasteiger partial charge in [0.25, 0.3) is 0 Å². The lowest BCUT2D eigenvalue weighted by atomic mass is 9.96. The molecule has 1 aliphatic heterocycles. The van der Waals surface area contributed by atoms with Crippen LogP contribution in [-0.4, -0.2) is 22.5 Å². The Hall–Kier alpha value is -3.03. The van der Waals surface area contributed by atoms with Crippen molar-refractivity contribution in [1.29, 1.82) is 5.26 Å². The highest BCUT2D eigenvalue weighted by Gasteiger charge is 2.25. The topological polar surface area (TPSA) is 44.3 Å². The largest absolute Gasteiger partial charge is 0.357 e. The third-order valence-electron chi connectivity index (χ3n) is 6.16. The van der Waals surface area contributed by atoms with Gasteiger partial charge < -0.3 is 4.90 Å². The van der Waals surface area contributed by atoms with Gasteiger partial charge in [-0.25, -0.2) is 4.98 Å². The molecule has 2 aromatic carbocycles. The van der Waals surface area contributed by atoms with E-state index in [1.807, 2.05) is 30.3 Å². The van der Waals surface area contributed by atoms with Crippen LogP contribution in [0.15, 0.2) is 48.5 Å². The quantitative estimate of drug-likeness (QED) is 0.419. The van der Waals surface area contributed by atoms with Crippen molar-refractivity contribution >= 4 is 34.1 Å². The first-order chi connectivity index (χ1) is 14.7. The van der Waals surface area contributed by atoms with E-state index in [0.717, 1.165) is 46.8 Å². The molecule has 1 aliphatic rings. The third-order valence-corrected chi connectivity index (χ3v) is 6.41. The minimum Gasteiger partial charge on any atom is -0.357 e. The van der Waals surface area contributed by atoms with Gasteiger partial charge in [-0.05, 0) is 61.6 Å². The lowest BCUT2D eigenvalue weighted by Gasteiger charge is -2.32. The Bertz CT molecular complexity index is 1270. The number of aromatic nitrogens is 2. The van der Waals surface area contributed by atoms with Gasteiger partial charge in [-0.2, -0.15) is 5.26 Å². The molecule has 3 heterocycles. The number of halogens is 1. The van der Waals surface area contributed by atoms with Crippen LogP contribution in [0.5, 0.6) is 0 Å². The number of imidazole rings is 1. The molecule has 5 rings (SSSR count). The maximum atomic E-state index is 10.0. The molecule has 0 radical (unpaired) electrons. The van der Waals surface area contributed by atoms with E-state index < -0.39 is 0 Å². The Labute approximate surface area is 181 Å². The number of hydrogen-bond acceptors (Lipinski definition) is 3. The number of nitrogens with zero attached hydrogens (tertiary/aromatic N) is 4. The minimum atomic E-state index is 0.663. The highest BCUT2D eigenvalue weighted by atomic mass is 35.5. The monoisotopic (exact) mass is 414 g/mol. The summed E-state index contributed by atoms with van der Waals surface area (Å²) in [6.07, 6.45) is 4.40. The molecule has 4 nitrogen and oxygen atoms in total. The molecule has 2 aromatic heterocycles. The van der Waals surface area contributed by atoms with Gasteiger partial charge in [0.2, 0.25) is 0 Å². The maximum absolute atomic E-state index is 10.0. The molecular weight excluding hydrogens is 392 g/mol. The predicted molar refractivity (Wildman–Crippen MR) is 122 cm³/mol. The predicted octanol–water partition coefficient (Wildman–Crippen LogP) is 5.90. The summed E-state index contributed by atoms with van der Waals surface area (Å²) < 4.78 is 2.22. The van der Waals surface area contributed by atoms with E-state index >= 15 is 0 Å². The minimum absolute atomic E-state index is 0.663. The summed E-state index contributed by atoms with van der Waals surface area (Å²) in [4.78, 5) is 7.35. The van der Waals surface area contributed by atoms with E-state index in [-0.39, 0.29) is 0 Å². The molecule has 0 unspecified atom stereocenters. The van der Waals surface area contributed by atoms with Crippen molar-refractivity contribution in [2.24, 2.45) is 0 Å². The summed E-state index contributed by atoms with van der Waals surface area (Å²) in [7, 11) is 0. The highest BCUT2D eigenvalue weighted by molar-refractivity contribution is 6.30. The molecule has 0 saturated carbocycles. The Balaban J connectivity index is 1.84. The van der Waals surface area contributed by atoms with Crippen molar-refractivity contribution in [3.8, 4) is 6.07 Å². The number of piperidine rings is 1. The number of anilines is 1. The zero-order chi connectivity index (χ0) is 20.7. The first-order valence-electron chi connectivity index (χ1n) is 10.5. The maximum Gasteiger partial charge on any atom is 0.157 e. The fourth-order valence-corrected chi connectivity index (χ4v) is 4.75. The van der Waals surface area contributed by atoms with Crippen molar-refractivity contribution in [2.75, 3.05) is 18.0 Å². The molecule has 0 aliphatic carbocycles. The van der Waals surface area contributed by atoms with E-state index in [2.05, 4.69) is 40.5 Å². The molecular formula is C25H23ClN4. The second-order valence-electron chi connectivity index (χ2n) is 8.02. The number of para-hydroxylation sites is 2. The van der Waals surface area contributed by atoms with Gasteiger partial charge in [-0.15, -0.1) is 0 Å². The van der Waals surface area contributed by atoms with Crippen molar-refractivity contribution < 1.29 is 0 Å². The molecule has 150 valence electrons. The van der Waals surface area contributed by atoms with Gasteiger partial charge in [0.1, 0.15) is 11.9 Å². The molecule has 1 fully saturated rings. The van der Waals surface area contributed by atoms with Crippen LogP contribution in [-0.2, 0) is 6.42 Å². The SMILES string of the molecule is Cc1c(Cc2ccc(Cl)cc2)c(N2CCCCC2)n2c(nc3ccccc32)c1C#N. The normalized spacial score (nSPS) is 14.4. The number of nitriles is 1. The second-order valence-corrected chi connectivity index (χ2v) is 8.46. The number of rotatable bonds is 3. The molecule has 1 saturated heterocycles. The average molecular weight is 415 g/mol. The fourth-order valence-electron chi connectivity index (χ4n) is 4.62. The van der Waals surface area contributed by atoms with Gasteiger partial charge in [0, 0.05) is 30.1 Å². The van der Waals surface area contributed by atoms with E-state index in [1.165, 1.54) is 36.2 Å². The van der Waals surface area contributed by atoms with Gasteiger partial charge in [0.15, 0.2) is 5.65 Å². The molecule has 30 heavy (non-hydrogen) atoms. The molecule has 0 bridgehead atoms. The van der Waals surface area contributed by atoms with Gasteiger partial charge in [-0.3, -0.25) is 4.40 Å². The number of fused-ring (bicyclic) bond motifs is 3. The van der Waals surface area contributed by atoms with Gasteiger partial charge in [0.05, 0.1) is 16.6 Å². The molecule has 0 N–H and O–H groups in total. The summed E-state index contributed by atoms with van der Waals surface area (Å²) in [5.74, 6) is 1.19. The fraction of sp³-hybridized carbons (Fsp3) is 0.280. The first kappa shape index (κ1) is 19.0. The summed E-state index contributed by atoms with van der Waals surface area (Å²) in [6, 6.07) is 18.6. The standard InChI is InChI=1S/C25H23ClN4/c1-17-20(15-18-9-11-19(26)12-10-18)25(29-13-5-2-6-14-29)30-23-8-4-3-7-22(23)28-24(30)21(17)16-27/h3-4,7-12H,2,5-6,13-15H2,1H3. The summed E-state index contributed by atoms with van der Waals surface area (Å²) in [5, 5.41) is 10.8. The first-order valence-corrected chi connectivity index (χ1v) is 10.9. The number of pyridine rings is 1. The van der Waals surface area contributed by atoms with E-state index in [1.54, 1.807) is 0 Å². The second kappa shape index (κ2) is 7.66. The molecule has 0 atom stereocenters. The zero-order valence-electron chi connectivity index (χ0n) is 17.0. The van der Waals surface area contributed by atoms with Crippen molar-refractivity contribution in [1.82, 2.24) is 9.38 Å². The van der Waals surface area contributed by atoms with Crippen molar-refractivity contribution in [3.05, 3.63) is 75.8 Å².